The Hall–Kier alpha value is -0.850. The molecule has 1 aliphatic rings. The summed E-state index contributed by atoms with van der Waals surface area (Å²) in [6.07, 6.45) is 5.37. The Balaban J connectivity index is 0.00000264. The Bertz CT molecular complexity index is 461. The average Bonchev–Trinajstić information content (AvgIpc) is 2.95. The lowest BCUT2D eigenvalue weighted by Crippen LogP contribution is -2.40. The molecule has 4 nitrogen and oxygen atoms in total. The van der Waals surface area contributed by atoms with Gasteiger partial charge in [0.15, 0.2) is 5.96 Å². The van der Waals surface area contributed by atoms with Crippen LogP contribution in [0.4, 0.5) is 0 Å². The van der Waals surface area contributed by atoms with Gasteiger partial charge in [-0.2, -0.15) is 0 Å². The quantitative estimate of drug-likeness (QED) is 0.426. The van der Waals surface area contributed by atoms with Gasteiger partial charge in [-0.25, -0.2) is 0 Å². The van der Waals surface area contributed by atoms with Crippen molar-refractivity contribution in [3.63, 3.8) is 0 Å². The summed E-state index contributed by atoms with van der Waals surface area (Å²) in [4.78, 5) is 11.6. The van der Waals surface area contributed by atoms with Crippen molar-refractivity contribution in [2.75, 3.05) is 26.2 Å². The number of hydrogen-bond acceptors (Lipinski definition) is 2. The van der Waals surface area contributed by atoms with Crippen LogP contribution in [0.2, 0.25) is 0 Å². The molecule has 0 aromatic carbocycles. The minimum absolute atomic E-state index is 0. The summed E-state index contributed by atoms with van der Waals surface area (Å²) in [6.45, 7) is 10.8. The molecule has 1 aliphatic heterocycles. The fourth-order valence-corrected chi connectivity index (χ4v) is 3.13. The molecular weight excluding hydrogens is 399 g/mol. The molecule has 0 radical (unpaired) electrons. The van der Waals surface area contributed by atoms with Crippen molar-refractivity contribution in [2.24, 2.45) is 16.8 Å². The molecule has 1 fully saturated rings. The van der Waals surface area contributed by atoms with E-state index in [-0.39, 0.29) is 24.0 Å². The summed E-state index contributed by atoms with van der Waals surface area (Å²) in [5, 5.41) is 3.44. The summed E-state index contributed by atoms with van der Waals surface area (Å²) in [5.41, 5.74) is 1.11. The van der Waals surface area contributed by atoms with Crippen molar-refractivity contribution < 1.29 is 0 Å². The second kappa shape index (κ2) is 10.8. The van der Waals surface area contributed by atoms with Gasteiger partial charge in [0.05, 0.1) is 0 Å². The Morgan fingerprint density at radius 2 is 2.26 bits per heavy atom. The van der Waals surface area contributed by atoms with Crippen LogP contribution in [-0.2, 0) is 6.42 Å². The van der Waals surface area contributed by atoms with E-state index in [2.05, 4.69) is 42.0 Å². The minimum atomic E-state index is 0. The minimum Gasteiger partial charge on any atom is -0.357 e. The second-order valence-electron chi connectivity index (χ2n) is 6.54. The SMILES string of the molecule is CCNC(=NCCc1ccccn1)N1CCC(CC(C)C)C1.I. The van der Waals surface area contributed by atoms with Crippen LogP contribution in [0.1, 0.15) is 39.3 Å². The van der Waals surface area contributed by atoms with Crippen LogP contribution in [-0.4, -0.2) is 42.0 Å². The molecule has 0 spiro atoms. The average molecular weight is 430 g/mol. The standard InChI is InChI=1S/C18H30N4.HI/c1-4-19-18(21-11-8-17-7-5-6-10-20-17)22-12-9-16(14-22)13-15(2)3;/h5-7,10,15-16H,4,8-9,11-14H2,1-3H3,(H,19,21);1H. The van der Waals surface area contributed by atoms with E-state index in [1.807, 2.05) is 18.3 Å². The number of likely N-dealkylation sites (tertiary alicyclic amines) is 1. The maximum absolute atomic E-state index is 4.80. The topological polar surface area (TPSA) is 40.5 Å². The molecule has 1 saturated heterocycles. The van der Waals surface area contributed by atoms with Gasteiger partial charge in [-0.15, -0.1) is 24.0 Å². The van der Waals surface area contributed by atoms with Gasteiger partial charge in [-0.3, -0.25) is 9.98 Å². The maximum Gasteiger partial charge on any atom is 0.193 e. The number of pyridine rings is 1. The smallest absolute Gasteiger partial charge is 0.193 e. The zero-order valence-corrected chi connectivity index (χ0v) is 17.0. The first-order chi connectivity index (χ1) is 10.7. The summed E-state index contributed by atoms with van der Waals surface area (Å²) in [7, 11) is 0. The molecular formula is C18H31IN4. The first-order valence-corrected chi connectivity index (χ1v) is 8.62. The number of nitrogens with zero attached hydrogens (tertiary/aromatic N) is 3. The number of guanidine groups is 1. The highest BCUT2D eigenvalue weighted by molar-refractivity contribution is 14.0. The normalized spacial score (nSPS) is 18.2. The van der Waals surface area contributed by atoms with Crippen LogP contribution in [0.25, 0.3) is 0 Å². The van der Waals surface area contributed by atoms with Gasteiger partial charge >= 0.3 is 0 Å². The third-order valence-electron chi connectivity index (χ3n) is 4.08. The van der Waals surface area contributed by atoms with E-state index in [0.29, 0.717) is 0 Å². The predicted molar refractivity (Wildman–Crippen MR) is 108 cm³/mol. The van der Waals surface area contributed by atoms with Crippen LogP contribution in [0.5, 0.6) is 0 Å². The van der Waals surface area contributed by atoms with Crippen LogP contribution >= 0.6 is 24.0 Å². The van der Waals surface area contributed by atoms with E-state index < -0.39 is 0 Å². The molecule has 1 N–H and O–H groups in total. The Kier molecular flexibility index (Phi) is 9.52. The zero-order valence-electron chi connectivity index (χ0n) is 14.7. The molecule has 1 unspecified atom stereocenters. The lowest BCUT2D eigenvalue weighted by atomic mass is 9.97. The molecule has 1 aromatic rings. The van der Waals surface area contributed by atoms with Crippen LogP contribution < -0.4 is 5.32 Å². The summed E-state index contributed by atoms with van der Waals surface area (Å²) in [5.74, 6) is 2.68. The van der Waals surface area contributed by atoms with E-state index in [4.69, 9.17) is 4.99 Å². The zero-order chi connectivity index (χ0) is 15.8. The number of aromatic nitrogens is 1. The van der Waals surface area contributed by atoms with E-state index in [1.54, 1.807) is 0 Å². The van der Waals surface area contributed by atoms with E-state index >= 15 is 0 Å². The number of aliphatic imine (C=N–C) groups is 1. The molecule has 23 heavy (non-hydrogen) atoms. The molecule has 2 rings (SSSR count). The summed E-state index contributed by atoms with van der Waals surface area (Å²) >= 11 is 0. The molecule has 0 saturated carbocycles. The Morgan fingerprint density at radius 3 is 2.91 bits per heavy atom. The maximum atomic E-state index is 4.80. The van der Waals surface area contributed by atoms with Gasteiger partial charge in [-0.1, -0.05) is 19.9 Å². The highest BCUT2D eigenvalue weighted by atomic mass is 127. The summed E-state index contributed by atoms with van der Waals surface area (Å²) < 4.78 is 0. The van der Waals surface area contributed by atoms with Crippen molar-refractivity contribution in [3.8, 4) is 0 Å². The lowest BCUT2D eigenvalue weighted by Gasteiger charge is -2.22. The third kappa shape index (κ3) is 7.06. The van der Waals surface area contributed by atoms with Gasteiger partial charge in [0.1, 0.15) is 0 Å². The Labute approximate surface area is 158 Å². The molecule has 0 bridgehead atoms. The molecule has 5 heteroatoms. The molecule has 1 aromatic heterocycles. The first kappa shape index (κ1) is 20.2. The largest absolute Gasteiger partial charge is 0.357 e. The number of halogens is 1. The molecule has 0 aliphatic carbocycles. The van der Waals surface area contributed by atoms with E-state index in [0.717, 1.165) is 56.1 Å². The monoisotopic (exact) mass is 430 g/mol. The number of hydrogen-bond donors (Lipinski definition) is 1. The third-order valence-corrected chi connectivity index (χ3v) is 4.08. The molecule has 130 valence electrons. The highest BCUT2D eigenvalue weighted by Crippen LogP contribution is 2.23. The van der Waals surface area contributed by atoms with Crippen LogP contribution in [0.3, 0.4) is 0 Å². The fraction of sp³-hybridized carbons (Fsp3) is 0.667. The first-order valence-electron chi connectivity index (χ1n) is 8.62. The van der Waals surface area contributed by atoms with Crippen molar-refractivity contribution in [3.05, 3.63) is 30.1 Å². The second-order valence-corrected chi connectivity index (χ2v) is 6.54. The van der Waals surface area contributed by atoms with Crippen LogP contribution in [0.15, 0.2) is 29.4 Å². The van der Waals surface area contributed by atoms with Crippen molar-refractivity contribution >= 4 is 29.9 Å². The highest BCUT2D eigenvalue weighted by Gasteiger charge is 2.25. The molecule has 1 atom stereocenters. The fourth-order valence-electron chi connectivity index (χ4n) is 3.13. The van der Waals surface area contributed by atoms with E-state index in [9.17, 15) is 0 Å². The number of rotatable bonds is 6. The Morgan fingerprint density at radius 1 is 1.43 bits per heavy atom. The lowest BCUT2D eigenvalue weighted by molar-refractivity contribution is 0.403. The predicted octanol–water partition coefficient (Wildman–Crippen LogP) is 3.58. The van der Waals surface area contributed by atoms with Gasteiger partial charge in [0.2, 0.25) is 0 Å². The van der Waals surface area contributed by atoms with Crippen molar-refractivity contribution in [2.45, 2.75) is 40.0 Å². The van der Waals surface area contributed by atoms with Gasteiger partial charge < -0.3 is 10.2 Å². The van der Waals surface area contributed by atoms with Crippen molar-refractivity contribution in [1.82, 2.24) is 15.2 Å². The molecule has 0 amide bonds. The van der Waals surface area contributed by atoms with Crippen molar-refractivity contribution in [1.29, 1.82) is 0 Å². The van der Waals surface area contributed by atoms with E-state index in [1.165, 1.54) is 12.8 Å². The van der Waals surface area contributed by atoms with Gasteiger partial charge in [0, 0.05) is 44.5 Å². The number of nitrogens with one attached hydrogen (secondary N) is 1. The van der Waals surface area contributed by atoms with Gasteiger partial charge in [0.25, 0.3) is 0 Å². The van der Waals surface area contributed by atoms with Gasteiger partial charge in [-0.05, 0) is 43.7 Å². The summed E-state index contributed by atoms with van der Waals surface area (Å²) in [6, 6.07) is 6.06. The molecule has 2 heterocycles. The van der Waals surface area contributed by atoms with Crippen LogP contribution in [0, 0.1) is 11.8 Å².